The van der Waals surface area contributed by atoms with Gasteiger partial charge in [0.05, 0.1) is 17.0 Å². The summed E-state index contributed by atoms with van der Waals surface area (Å²) in [6.07, 6.45) is 2.83. The molecule has 9 heteroatoms. The van der Waals surface area contributed by atoms with Crippen LogP contribution in [0.3, 0.4) is 0 Å². The third-order valence-electron chi connectivity index (χ3n) is 5.96. The predicted molar refractivity (Wildman–Crippen MR) is 122 cm³/mol. The Bertz CT molecular complexity index is 1270. The van der Waals surface area contributed by atoms with Crippen LogP contribution in [-0.2, 0) is 19.4 Å². The van der Waals surface area contributed by atoms with Crippen LogP contribution in [0.4, 0.5) is 10.7 Å². The second kappa shape index (κ2) is 8.55. The largest absolute Gasteiger partial charge is 0.312 e. The number of benzene rings is 1. The monoisotopic (exact) mass is 449 g/mol. The normalized spacial score (nSPS) is 15.1. The Morgan fingerprint density at radius 3 is 2.84 bits per heavy atom. The van der Waals surface area contributed by atoms with Crippen LogP contribution in [0, 0.1) is 41.2 Å². The summed E-state index contributed by atoms with van der Waals surface area (Å²) in [5, 5.41) is 28.8. The quantitative estimate of drug-likeness (QED) is 0.445. The standard InChI is InChI=1S/C23H23N5O3S/c1-13-8-9-18-19(11-24)23(32-20(18)10-13)25-22(29)17-7-5-4-6-16(17)12-27-15(3)21(28(30)31)14(2)26-27/h4-7,13H,8-10,12H2,1-3H3,(H,25,29)/t13-/m1/s1. The van der Waals surface area contributed by atoms with E-state index in [4.69, 9.17) is 0 Å². The molecule has 1 N–H and O–H groups in total. The molecule has 8 nitrogen and oxygen atoms in total. The summed E-state index contributed by atoms with van der Waals surface area (Å²) in [5.74, 6) is 0.265. The number of nitrogens with one attached hydrogen (secondary N) is 1. The number of aromatic nitrogens is 2. The molecule has 2 heterocycles. The van der Waals surface area contributed by atoms with E-state index in [2.05, 4.69) is 23.4 Å². The summed E-state index contributed by atoms with van der Waals surface area (Å²) in [6.45, 7) is 5.68. The zero-order valence-corrected chi connectivity index (χ0v) is 19.0. The lowest BCUT2D eigenvalue weighted by molar-refractivity contribution is -0.386. The zero-order chi connectivity index (χ0) is 23.0. The number of nitriles is 1. The fraction of sp³-hybridized carbons (Fsp3) is 0.348. The van der Waals surface area contributed by atoms with Crippen LogP contribution in [0.1, 0.15) is 56.7 Å². The minimum absolute atomic E-state index is 0.0102. The molecular weight excluding hydrogens is 426 g/mol. The summed E-state index contributed by atoms with van der Waals surface area (Å²) >= 11 is 1.49. The SMILES string of the molecule is Cc1nn(Cc2ccccc2C(=O)Nc2sc3c(c2C#N)CC[C@@H](C)C3)c(C)c1[N+](=O)[O-]. The number of nitro groups is 1. The number of rotatable bonds is 5. The molecule has 1 aromatic carbocycles. The lowest BCUT2D eigenvalue weighted by Gasteiger charge is -2.17. The van der Waals surface area contributed by atoms with Crippen LogP contribution < -0.4 is 5.32 Å². The highest BCUT2D eigenvalue weighted by molar-refractivity contribution is 7.16. The number of anilines is 1. The predicted octanol–water partition coefficient (Wildman–Crippen LogP) is 4.77. The van der Waals surface area contributed by atoms with Crippen LogP contribution >= 0.6 is 11.3 Å². The van der Waals surface area contributed by atoms with Crippen LogP contribution in [0.15, 0.2) is 24.3 Å². The van der Waals surface area contributed by atoms with Crippen molar-refractivity contribution < 1.29 is 9.72 Å². The van der Waals surface area contributed by atoms with Crippen molar-refractivity contribution in [2.45, 2.75) is 46.6 Å². The highest BCUT2D eigenvalue weighted by Crippen LogP contribution is 2.39. The molecule has 0 fully saturated rings. The number of carbonyl (C=O) groups is 1. The maximum atomic E-state index is 13.2. The van der Waals surface area contributed by atoms with Crippen molar-refractivity contribution in [1.82, 2.24) is 9.78 Å². The molecule has 0 aliphatic heterocycles. The van der Waals surface area contributed by atoms with E-state index in [1.54, 1.807) is 30.7 Å². The van der Waals surface area contributed by atoms with Gasteiger partial charge in [-0.2, -0.15) is 10.4 Å². The number of thiophene rings is 1. The molecule has 1 atom stereocenters. The van der Waals surface area contributed by atoms with Gasteiger partial charge in [0.15, 0.2) is 0 Å². The molecule has 1 aliphatic rings. The van der Waals surface area contributed by atoms with Gasteiger partial charge >= 0.3 is 5.69 Å². The molecule has 164 valence electrons. The van der Waals surface area contributed by atoms with Crippen molar-refractivity contribution in [3.63, 3.8) is 0 Å². The molecule has 1 aliphatic carbocycles. The zero-order valence-electron chi connectivity index (χ0n) is 18.1. The van der Waals surface area contributed by atoms with E-state index in [1.165, 1.54) is 16.2 Å². The number of aryl methyl sites for hydroxylation is 1. The highest BCUT2D eigenvalue weighted by atomic mass is 32.1. The van der Waals surface area contributed by atoms with Gasteiger partial charge in [-0.1, -0.05) is 25.1 Å². The number of carbonyl (C=O) groups excluding carboxylic acids is 1. The fourth-order valence-electron chi connectivity index (χ4n) is 4.27. The Labute approximate surface area is 189 Å². The molecule has 0 bridgehead atoms. The van der Waals surface area contributed by atoms with E-state index in [0.29, 0.717) is 39.0 Å². The second-order valence-corrected chi connectivity index (χ2v) is 9.32. The molecule has 0 radical (unpaired) electrons. The van der Waals surface area contributed by atoms with Crippen molar-refractivity contribution in [3.05, 3.63) is 72.9 Å². The Kier molecular flexibility index (Phi) is 5.80. The maximum Gasteiger partial charge on any atom is 0.312 e. The van der Waals surface area contributed by atoms with E-state index < -0.39 is 4.92 Å². The van der Waals surface area contributed by atoms with Gasteiger partial charge in [-0.15, -0.1) is 11.3 Å². The molecule has 32 heavy (non-hydrogen) atoms. The molecule has 0 saturated carbocycles. The van der Waals surface area contributed by atoms with Crippen LogP contribution in [0.25, 0.3) is 0 Å². The van der Waals surface area contributed by atoms with Crippen molar-refractivity contribution in [3.8, 4) is 6.07 Å². The van der Waals surface area contributed by atoms with Gasteiger partial charge in [-0.3, -0.25) is 19.6 Å². The first-order valence-corrected chi connectivity index (χ1v) is 11.2. The Balaban J connectivity index is 1.63. The first-order chi connectivity index (χ1) is 15.3. The Hall–Kier alpha value is -3.51. The first kappa shape index (κ1) is 21.7. The minimum atomic E-state index is -0.435. The van der Waals surface area contributed by atoms with Gasteiger partial charge < -0.3 is 5.32 Å². The third-order valence-corrected chi connectivity index (χ3v) is 7.13. The van der Waals surface area contributed by atoms with E-state index in [-0.39, 0.29) is 18.1 Å². The van der Waals surface area contributed by atoms with Gasteiger partial charge in [0.1, 0.15) is 22.5 Å². The molecular formula is C23H23N5O3S. The highest BCUT2D eigenvalue weighted by Gasteiger charge is 2.26. The molecule has 3 aromatic rings. The van der Waals surface area contributed by atoms with Crippen LogP contribution in [0.5, 0.6) is 0 Å². The van der Waals surface area contributed by atoms with Gasteiger partial charge in [0.25, 0.3) is 5.91 Å². The van der Waals surface area contributed by atoms with Crippen molar-refractivity contribution in [1.29, 1.82) is 5.26 Å². The van der Waals surface area contributed by atoms with Crippen molar-refractivity contribution >= 4 is 27.9 Å². The minimum Gasteiger partial charge on any atom is -0.312 e. The van der Waals surface area contributed by atoms with E-state index >= 15 is 0 Å². The molecule has 0 spiro atoms. The topological polar surface area (TPSA) is 114 Å². The lowest BCUT2D eigenvalue weighted by Crippen LogP contribution is -2.16. The van der Waals surface area contributed by atoms with Gasteiger partial charge in [-0.25, -0.2) is 0 Å². The average Bonchev–Trinajstić information content (AvgIpc) is 3.23. The lowest BCUT2D eigenvalue weighted by atomic mass is 9.88. The van der Waals surface area contributed by atoms with Crippen LogP contribution in [-0.4, -0.2) is 20.6 Å². The number of nitrogens with zero attached hydrogens (tertiary/aromatic N) is 4. The van der Waals surface area contributed by atoms with E-state index in [1.807, 2.05) is 12.1 Å². The average molecular weight is 450 g/mol. The summed E-state index contributed by atoms with van der Waals surface area (Å²) in [7, 11) is 0. The van der Waals surface area contributed by atoms with Crippen molar-refractivity contribution in [2.75, 3.05) is 5.32 Å². The van der Waals surface area contributed by atoms with Gasteiger partial charge in [-0.05, 0) is 56.2 Å². The fourth-order valence-corrected chi connectivity index (χ4v) is 5.63. The molecule has 4 rings (SSSR count). The number of fused-ring (bicyclic) bond motifs is 1. The summed E-state index contributed by atoms with van der Waals surface area (Å²) in [4.78, 5) is 25.2. The number of hydrogen-bond acceptors (Lipinski definition) is 6. The molecule has 2 aromatic heterocycles. The van der Waals surface area contributed by atoms with E-state index in [0.717, 1.165) is 24.8 Å². The molecule has 0 unspecified atom stereocenters. The molecule has 1 amide bonds. The summed E-state index contributed by atoms with van der Waals surface area (Å²) < 4.78 is 1.55. The number of amides is 1. The van der Waals surface area contributed by atoms with Gasteiger partial charge in [0.2, 0.25) is 0 Å². The summed E-state index contributed by atoms with van der Waals surface area (Å²) in [5.41, 5.74) is 3.54. The number of hydrogen-bond donors (Lipinski definition) is 1. The smallest absolute Gasteiger partial charge is 0.312 e. The van der Waals surface area contributed by atoms with Gasteiger partial charge in [0, 0.05) is 10.4 Å². The second-order valence-electron chi connectivity index (χ2n) is 8.21. The molecule has 0 saturated heterocycles. The van der Waals surface area contributed by atoms with Crippen LogP contribution in [0.2, 0.25) is 0 Å². The van der Waals surface area contributed by atoms with E-state index in [9.17, 15) is 20.2 Å². The summed E-state index contributed by atoms with van der Waals surface area (Å²) in [6, 6.07) is 9.39. The maximum absolute atomic E-state index is 13.2. The third kappa shape index (κ3) is 3.89. The van der Waals surface area contributed by atoms with Crippen molar-refractivity contribution in [2.24, 2.45) is 5.92 Å². The first-order valence-electron chi connectivity index (χ1n) is 10.4. The Morgan fingerprint density at radius 2 is 2.16 bits per heavy atom. The Morgan fingerprint density at radius 1 is 1.41 bits per heavy atom.